The average molecular weight is 529 g/mol. The number of rotatable bonds is 3. The van der Waals surface area contributed by atoms with Gasteiger partial charge in [0.2, 0.25) is 0 Å². The van der Waals surface area contributed by atoms with Gasteiger partial charge >= 0.3 is 12.2 Å². The van der Waals surface area contributed by atoms with Gasteiger partial charge in [-0.1, -0.05) is 49.1 Å². The van der Waals surface area contributed by atoms with E-state index in [0.29, 0.717) is 48.0 Å². The number of halogens is 3. The van der Waals surface area contributed by atoms with Crippen LogP contribution in [0.1, 0.15) is 42.9 Å². The van der Waals surface area contributed by atoms with Crippen LogP contribution in [0.5, 0.6) is 0 Å². The Hall–Kier alpha value is -4.51. The van der Waals surface area contributed by atoms with Crippen LogP contribution in [0.4, 0.5) is 35.2 Å². The van der Waals surface area contributed by atoms with E-state index < -0.39 is 11.7 Å². The van der Waals surface area contributed by atoms with Crippen molar-refractivity contribution in [1.29, 1.82) is 0 Å². The molecule has 2 heterocycles. The third-order valence-corrected chi connectivity index (χ3v) is 6.52. The maximum Gasteiger partial charge on any atom is 0.416 e. The van der Waals surface area contributed by atoms with Crippen molar-refractivity contribution in [1.82, 2.24) is 4.98 Å². The minimum absolute atomic E-state index is 0.323. The monoisotopic (exact) mass is 528 g/mol. The normalized spacial score (nSPS) is 14.5. The highest BCUT2D eigenvalue weighted by molar-refractivity contribution is 6.03. The first kappa shape index (κ1) is 26.1. The van der Waals surface area contributed by atoms with Crippen molar-refractivity contribution in [3.05, 3.63) is 89.5 Å². The molecule has 3 aromatic rings. The third-order valence-electron chi connectivity index (χ3n) is 6.52. The van der Waals surface area contributed by atoms with Gasteiger partial charge in [-0.25, -0.2) is 9.78 Å². The molecule has 1 aliphatic carbocycles. The zero-order valence-corrected chi connectivity index (χ0v) is 21.4. The largest absolute Gasteiger partial charge is 0.416 e. The fraction of sp³-hybridized carbons (Fsp3) is 0.226. The van der Waals surface area contributed by atoms with Crippen LogP contribution in [-0.4, -0.2) is 24.1 Å². The second-order valence-electron chi connectivity index (χ2n) is 9.25. The highest BCUT2D eigenvalue weighted by Gasteiger charge is 2.31. The molecule has 5 rings (SSSR count). The molecule has 0 bridgehead atoms. The van der Waals surface area contributed by atoms with Crippen LogP contribution in [0.3, 0.4) is 0 Å². The fourth-order valence-electron chi connectivity index (χ4n) is 4.59. The Morgan fingerprint density at radius 3 is 2.79 bits per heavy atom. The summed E-state index contributed by atoms with van der Waals surface area (Å²) in [4.78, 5) is 19.7. The molecule has 2 amide bonds. The molecule has 0 saturated heterocycles. The maximum atomic E-state index is 13.5. The molecule has 0 radical (unpaired) electrons. The predicted octanol–water partition coefficient (Wildman–Crippen LogP) is 7.73. The number of hydrogen-bond donors (Lipinski definition) is 2. The van der Waals surface area contributed by atoms with Crippen LogP contribution in [0.15, 0.2) is 72.8 Å². The summed E-state index contributed by atoms with van der Waals surface area (Å²) in [5.41, 5.74) is 4.20. The molecule has 2 N–H and O–H groups in total. The van der Waals surface area contributed by atoms with Gasteiger partial charge in [-0.05, 0) is 66.4 Å². The summed E-state index contributed by atoms with van der Waals surface area (Å²) in [5, 5.41) is 6.26. The third kappa shape index (κ3) is 5.83. The Bertz CT molecular complexity index is 1530. The molecule has 2 aromatic carbocycles. The predicted molar refractivity (Wildman–Crippen MR) is 149 cm³/mol. The van der Waals surface area contributed by atoms with E-state index in [9.17, 15) is 18.0 Å². The first-order valence-corrected chi connectivity index (χ1v) is 12.8. The van der Waals surface area contributed by atoms with Gasteiger partial charge in [-0.2, -0.15) is 13.2 Å². The number of hydrogen-bond acceptors (Lipinski definition) is 3. The molecule has 0 unspecified atom stereocenters. The van der Waals surface area contributed by atoms with Gasteiger partial charge in [0, 0.05) is 36.3 Å². The molecule has 1 aliphatic heterocycles. The Labute approximate surface area is 225 Å². The number of carbonyl (C=O) groups is 1. The lowest BCUT2D eigenvalue weighted by molar-refractivity contribution is -0.137. The number of pyridine rings is 1. The van der Waals surface area contributed by atoms with E-state index in [4.69, 9.17) is 0 Å². The van der Waals surface area contributed by atoms with Crippen molar-refractivity contribution in [3.63, 3.8) is 0 Å². The van der Waals surface area contributed by atoms with E-state index in [-0.39, 0.29) is 6.03 Å². The molecule has 198 valence electrons. The van der Waals surface area contributed by atoms with Gasteiger partial charge in [0.1, 0.15) is 0 Å². The highest BCUT2D eigenvalue weighted by atomic mass is 19.4. The van der Waals surface area contributed by atoms with Crippen molar-refractivity contribution < 1.29 is 18.0 Å². The van der Waals surface area contributed by atoms with Crippen molar-refractivity contribution in [2.45, 2.75) is 32.4 Å². The summed E-state index contributed by atoms with van der Waals surface area (Å²) in [6.45, 7) is 3.03. The zero-order chi connectivity index (χ0) is 27.4. The van der Waals surface area contributed by atoms with E-state index in [2.05, 4.69) is 33.5 Å². The van der Waals surface area contributed by atoms with E-state index in [0.717, 1.165) is 41.7 Å². The van der Waals surface area contributed by atoms with Gasteiger partial charge < -0.3 is 10.6 Å². The molecule has 5 nitrogen and oxygen atoms in total. The number of carbonyl (C=O) groups excluding carboxylic acids is 1. The van der Waals surface area contributed by atoms with Gasteiger partial charge in [-0.3, -0.25) is 4.90 Å². The van der Waals surface area contributed by atoms with E-state index >= 15 is 0 Å². The Morgan fingerprint density at radius 2 is 2.03 bits per heavy atom. The fourth-order valence-corrected chi connectivity index (χ4v) is 4.59. The van der Waals surface area contributed by atoms with Crippen LogP contribution >= 0.6 is 0 Å². The zero-order valence-electron chi connectivity index (χ0n) is 21.4. The van der Waals surface area contributed by atoms with Crippen molar-refractivity contribution in [2.24, 2.45) is 0 Å². The summed E-state index contributed by atoms with van der Waals surface area (Å²) in [6.07, 6.45) is 3.89. The lowest BCUT2D eigenvalue weighted by Crippen LogP contribution is -2.36. The second-order valence-corrected chi connectivity index (χ2v) is 9.25. The number of alkyl halides is 3. The number of aromatic nitrogens is 1. The SMILES string of the molecule is CCC#Cc1ccc(NC(=O)N2CCCNc3ccc(-c4cccc(C(F)(F)F)c4)nc32)cc1C1=CC=CC1. The smallest absolute Gasteiger partial charge is 0.382 e. The van der Waals surface area contributed by atoms with Crippen molar-refractivity contribution >= 4 is 28.8 Å². The van der Waals surface area contributed by atoms with E-state index in [1.54, 1.807) is 18.2 Å². The minimum Gasteiger partial charge on any atom is -0.382 e. The van der Waals surface area contributed by atoms with Crippen LogP contribution in [-0.2, 0) is 6.18 Å². The van der Waals surface area contributed by atoms with Crippen LogP contribution in [0.2, 0.25) is 0 Å². The molecule has 8 heteroatoms. The molecule has 39 heavy (non-hydrogen) atoms. The summed E-state index contributed by atoms with van der Waals surface area (Å²) in [5.74, 6) is 6.70. The number of allylic oxidation sites excluding steroid dienone is 4. The molecule has 0 spiro atoms. The highest BCUT2D eigenvalue weighted by Crippen LogP contribution is 2.35. The van der Waals surface area contributed by atoms with Crippen LogP contribution in [0.25, 0.3) is 16.8 Å². The number of nitrogens with one attached hydrogen (secondary N) is 2. The van der Waals surface area contributed by atoms with Crippen molar-refractivity contribution in [2.75, 3.05) is 28.6 Å². The lowest BCUT2D eigenvalue weighted by Gasteiger charge is -2.23. The topological polar surface area (TPSA) is 57.3 Å². The Morgan fingerprint density at radius 1 is 1.15 bits per heavy atom. The van der Waals surface area contributed by atoms with Gasteiger partial charge in [0.05, 0.1) is 16.9 Å². The Kier molecular flexibility index (Phi) is 7.42. The molecular formula is C31H27F3N4O. The molecule has 2 aliphatic rings. The van der Waals surface area contributed by atoms with E-state index in [1.165, 1.54) is 11.0 Å². The van der Waals surface area contributed by atoms with Gasteiger partial charge in [0.25, 0.3) is 0 Å². The average Bonchev–Trinajstić information content (AvgIpc) is 3.38. The number of nitrogens with zero attached hydrogens (tertiary/aromatic N) is 2. The number of fused-ring (bicyclic) bond motifs is 1. The quantitative estimate of drug-likeness (QED) is 0.342. The minimum atomic E-state index is -4.46. The number of anilines is 3. The number of urea groups is 1. The van der Waals surface area contributed by atoms with E-state index in [1.807, 2.05) is 37.3 Å². The summed E-state index contributed by atoms with van der Waals surface area (Å²) in [6, 6.07) is 13.7. The standard InChI is InChI=1S/C31H27F3N4O/c1-2-3-8-22-13-14-25(20-26(22)21-9-4-5-10-21)36-30(39)38-18-7-17-35-28-16-15-27(37-29(28)38)23-11-6-12-24(19-23)31(32,33)34/h4-6,9,11-16,19-20,35H,2,7,10,17-18H2,1H3,(H,36,39). The Balaban J connectivity index is 1.45. The molecule has 0 atom stereocenters. The number of amides is 2. The van der Waals surface area contributed by atoms with Crippen LogP contribution in [0, 0.1) is 11.8 Å². The number of benzene rings is 2. The van der Waals surface area contributed by atoms with Crippen LogP contribution < -0.4 is 15.5 Å². The van der Waals surface area contributed by atoms with Gasteiger partial charge in [0.15, 0.2) is 5.82 Å². The molecule has 0 fully saturated rings. The summed E-state index contributed by atoms with van der Waals surface area (Å²) in [7, 11) is 0. The summed E-state index contributed by atoms with van der Waals surface area (Å²) >= 11 is 0. The molecule has 1 aromatic heterocycles. The first-order valence-electron chi connectivity index (χ1n) is 12.8. The second kappa shape index (κ2) is 11.1. The molecular weight excluding hydrogens is 501 g/mol. The lowest BCUT2D eigenvalue weighted by atomic mass is 9.98. The van der Waals surface area contributed by atoms with Gasteiger partial charge in [-0.15, -0.1) is 0 Å². The maximum absolute atomic E-state index is 13.5. The van der Waals surface area contributed by atoms with Crippen molar-refractivity contribution in [3.8, 4) is 23.1 Å². The summed E-state index contributed by atoms with van der Waals surface area (Å²) < 4.78 is 39.9. The molecule has 0 saturated carbocycles. The first-order chi connectivity index (χ1) is 18.8.